The van der Waals surface area contributed by atoms with Gasteiger partial charge in [-0.25, -0.2) is 0 Å². The van der Waals surface area contributed by atoms with Crippen LogP contribution in [-0.2, 0) is 0 Å². The zero-order valence-corrected chi connectivity index (χ0v) is 14.3. The Morgan fingerprint density at radius 2 is 1.52 bits per heavy atom. The van der Waals surface area contributed by atoms with Gasteiger partial charge in [0.1, 0.15) is 13.2 Å². The molecule has 2 nitrogen and oxygen atoms in total. The second-order valence-corrected chi connectivity index (χ2v) is 6.59. The minimum Gasteiger partial charge on any atom is -0.486 e. The first kappa shape index (κ1) is 14.7. The van der Waals surface area contributed by atoms with E-state index in [-0.39, 0.29) is 5.38 Å². The van der Waals surface area contributed by atoms with Crippen LogP contribution in [0.4, 0.5) is 0 Å². The lowest BCUT2D eigenvalue weighted by Gasteiger charge is -2.21. The standard InChI is InChI=1S/C17H16BrClO2/c1-10-5-11(2)7-12(6-10)17(19)13-8-15-16(9-14(13)18)21-4-3-20-15/h5-9,17H,3-4H2,1-2H3. The summed E-state index contributed by atoms with van der Waals surface area (Å²) in [6, 6.07) is 10.3. The Bertz CT molecular complexity index is 664. The van der Waals surface area contributed by atoms with E-state index in [9.17, 15) is 0 Å². The minimum atomic E-state index is -0.228. The lowest BCUT2D eigenvalue weighted by atomic mass is 10.00. The highest BCUT2D eigenvalue weighted by Crippen LogP contribution is 2.41. The topological polar surface area (TPSA) is 18.5 Å². The minimum absolute atomic E-state index is 0.228. The molecule has 0 bridgehead atoms. The van der Waals surface area contributed by atoms with Crippen LogP contribution in [0.5, 0.6) is 11.5 Å². The highest BCUT2D eigenvalue weighted by Gasteiger charge is 2.20. The molecule has 1 aliphatic heterocycles. The van der Waals surface area contributed by atoms with Gasteiger partial charge in [-0.05, 0) is 37.1 Å². The van der Waals surface area contributed by atoms with E-state index in [1.54, 1.807) is 0 Å². The molecule has 2 aromatic rings. The van der Waals surface area contributed by atoms with E-state index in [2.05, 4.69) is 48.0 Å². The Balaban J connectivity index is 2.02. The van der Waals surface area contributed by atoms with Crippen LogP contribution in [0.1, 0.15) is 27.6 Å². The van der Waals surface area contributed by atoms with Gasteiger partial charge in [-0.1, -0.05) is 45.3 Å². The molecule has 0 amide bonds. The van der Waals surface area contributed by atoms with Crippen LogP contribution in [-0.4, -0.2) is 13.2 Å². The van der Waals surface area contributed by atoms with Crippen LogP contribution >= 0.6 is 27.5 Å². The number of aryl methyl sites for hydroxylation is 2. The number of fused-ring (bicyclic) bond motifs is 1. The first-order valence-corrected chi connectivity index (χ1v) is 8.09. The van der Waals surface area contributed by atoms with Gasteiger partial charge in [0.25, 0.3) is 0 Å². The fourth-order valence-corrected chi connectivity index (χ4v) is 3.60. The van der Waals surface area contributed by atoms with Gasteiger partial charge in [0, 0.05) is 4.47 Å². The van der Waals surface area contributed by atoms with Gasteiger partial charge >= 0.3 is 0 Å². The van der Waals surface area contributed by atoms with Crippen LogP contribution < -0.4 is 9.47 Å². The van der Waals surface area contributed by atoms with Crippen molar-refractivity contribution in [2.75, 3.05) is 13.2 Å². The molecule has 110 valence electrons. The fraction of sp³-hybridized carbons (Fsp3) is 0.294. The average Bonchev–Trinajstić information content (AvgIpc) is 2.44. The van der Waals surface area contributed by atoms with Crippen LogP contribution in [0.3, 0.4) is 0 Å². The molecule has 0 aromatic heterocycles. The second-order valence-electron chi connectivity index (χ2n) is 5.30. The van der Waals surface area contributed by atoms with Crippen molar-refractivity contribution in [1.82, 2.24) is 0 Å². The summed E-state index contributed by atoms with van der Waals surface area (Å²) in [5.41, 5.74) is 4.51. The van der Waals surface area contributed by atoms with Crippen molar-refractivity contribution in [2.24, 2.45) is 0 Å². The Labute approximate surface area is 138 Å². The third-order valence-electron chi connectivity index (χ3n) is 3.47. The zero-order valence-electron chi connectivity index (χ0n) is 12.0. The largest absolute Gasteiger partial charge is 0.486 e. The molecule has 1 heterocycles. The molecule has 2 aromatic carbocycles. The van der Waals surface area contributed by atoms with Crippen LogP contribution in [0.15, 0.2) is 34.8 Å². The van der Waals surface area contributed by atoms with Gasteiger partial charge in [0.05, 0.1) is 5.38 Å². The summed E-state index contributed by atoms with van der Waals surface area (Å²) in [7, 11) is 0. The van der Waals surface area contributed by atoms with Crippen molar-refractivity contribution in [3.05, 3.63) is 57.1 Å². The summed E-state index contributed by atoms with van der Waals surface area (Å²) in [5.74, 6) is 1.52. The highest BCUT2D eigenvalue weighted by molar-refractivity contribution is 9.10. The monoisotopic (exact) mass is 366 g/mol. The maximum atomic E-state index is 6.70. The van der Waals surface area contributed by atoms with Gasteiger partial charge < -0.3 is 9.47 Å². The first-order valence-electron chi connectivity index (χ1n) is 6.86. The molecular formula is C17H16BrClO2. The number of benzene rings is 2. The van der Waals surface area contributed by atoms with Crippen LogP contribution in [0.2, 0.25) is 0 Å². The Hall–Kier alpha value is -1.19. The summed E-state index contributed by atoms with van der Waals surface area (Å²) >= 11 is 10.3. The molecule has 3 rings (SSSR count). The van der Waals surface area contributed by atoms with Crippen molar-refractivity contribution in [1.29, 1.82) is 0 Å². The summed E-state index contributed by atoms with van der Waals surface area (Å²) < 4.78 is 12.2. The summed E-state index contributed by atoms with van der Waals surface area (Å²) in [4.78, 5) is 0. The van der Waals surface area contributed by atoms with Gasteiger partial charge in [-0.2, -0.15) is 0 Å². The predicted molar refractivity (Wildman–Crippen MR) is 88.7 cm³/mol. The van der Waals surface area contributed by atoms with Crippen LogP contribution in [0.25, 0.3) is 0 Å². The third kappa shape index (κ3) is 3.04. The lowest BCUT2D eigenvalue weighted by Crippen LogP contribution is -2.15. The van der Waals surface area contributed by atoms with E-state index in [0.29, 0.717) is 13.2 Å². The molecule has 1 unspecified atom stereocenters. The molecule has 0 fully saturated rings. The molecule has 4 heteroatoms. The van der Waals surface area contributed by atoms with Gasteiger partial charge in [-0.15, -0.1) is 11.6 Å². The van der Waals surface area contributed by atoms with Crippen molar-refractivity contribution in [3.8, 4) is 11.5 Å². The quantitative estimate of drug-likeness (QED) is 0.682. The molecule has 0 saturated carbocycles. The smallest absolute Gasteiger partial charge is 0.162 e. The molecule has 0 radical (unpaired) electrons. The average molecular weight is 368 g/mol. The van der Waals surface area contributed by atoms with E-state index in [1.165, 1.54) is 11.1 Å². The second kappa shape index (κ2) is 5.90. The number of alkyl halides is 1. The van der Waals surface area contributed by atoms with Crippen molar-refractivity contribution >= 4 is 27.5 Å². The fourth-order valence-electron chi connectivity index (χ4n) is 2.61. The number of halogens is 2. The molecule has 21 heavy (non-hydrogen) atoms. The predicted octanol–water partition coefficient (Wildman–Crippen LogP) is 5.17. The van der Waals surface area contributed by atoms with Gasteiger partial charge in [-0.3, -0.25) is 0 Å². The van der Waals surface area contributed by atoms with Gasteiger partial charge in [0.15, 0.2) is 11.5 Å². The van der Waals surface area contributed by atoms with E-state index in [0.717, 1.165) is 27.1 Å². The number of ether oxygens (including phenoxy) is 2. The van der Waals surface area contributed by atoms with Gasteiger partial charge in [0.2, 0.25) is 0 Å². The third-order valence-corrected chi connectivity index (χ3v) is 4.65. The maximum absolute atomic E-state index is 6.70. The summed E-state index contributed by atoms with van der Waals surface area (Å²) in [6.45, 7) is 5.32. The van der Waals surface area contributed by atoms with E-state index >= 15 is 0 Å². The van der Waals surface area contributed by atoms with Crippen molar-refractivity contribution in [3.63, 3.8) is 0 Å². The highest BCUT2D eigenvalue weighted by atomic mass is 79.9. The lowest BCUT2D eigenvalue weighted by molar-refractivity contribution is 0.171. The molecule has 0 N–H and O–H groups in total. The number of hydrogen-bond donors (Lipinski definition) is 0. The maximum Gasteiger partial charge on any atom is 0.162 e. The van der Waals surface area contributed by atoms with E-state index in [4.69, 9.17) is 21.1 Å². The molecule has 0 saturated heterocycles. The molecule has 1 atom stereocenters. The molecule has 0 aliphatic carbocycles. The zero-order chi connectivity index (χ0) is 15.0. The Kier molecular flexibility index (Phi) is 4.14. The normalized spacial score (nSPS) is 14.9. The number of hydrogen-bond acceptors (Lipinski definition) is 2. The van der Waals surface area contributed by atoms with E-state index in [1.807, 2.05) is 12.1 Å². The molecule has 1 aliphatic rings. The van der Waals surface area contributed by atoms with Crippen molar-refractivity contribution < 1.29 is 9.47 Å². The first-order chi connectivity index (χ1) is 10.0. The molecular weight excluding hydrogens is 352 g/mol. The van der Waals surface area contributed by atoms with Crippen molar-refractivity contribution in [2.45, 2.75) is 19.2 Å². The van der Waals surface area contributed by atoms with E-state index < -0.39 is 0 Å². The molecule has 0 spiro atoms. The van der Waals surface area contributed by atoms with Crippen LogP contribution in [0, 0.1) is 13.8 Å². The Morgan fingerprint density at radius 1 is 0.952 bits per heavy atom. The SMILES string of the molecule is Cc1cc(C)cc(C(Cl)c2cc3c(cc2Br)OCCO3)c1. The Morgan fingerprint density at radius 3 is 2.14 bits per heavy atom. The summed E-state index contributed by atoms with van der Waals surface area (Å²) in [6.07, 6.45) is 0. The number of rotatable bonds is 2. The summed E-state index contributed by atoms with van der Waals surface area (Å²) in [5, 5.41) is -0.228.